The van der Waals surface area contributed by atoms with Gasteiger partial charge in [0, 0.05) is 5.56 Å². The first-order valence-corrected chi connectivity index (χ1v) is 12.0. The number of amides is 1. The van der Waals surface area contributed by atoms with Gasteiger partial charge < -0.3 is 10.1 Å². The lowest BCUT2D eigenvalue weighted by atomic mass is 10.1. The van der Waals surface area contributed by atoms with Crippen LogP contribution in [-0.4, -0.2) is 23.3 Å². The van der Waals surface area contributed by atoms with E-state index in [2.05, 4.69) is 10.3 Å². The van der Waals surface area contributed by atoms with E-state index >= 15 is 0 Å². The number of para-hydroxylation sites is 1. The Balaban J connectivity index is 1.87. The number of pyridine rings is 1. The Hall–Kier alpha value is -3.22. The highest BCUT2D eigenvalue weighted by Crippen LogP contribution is 2.38. The third-order valence-electron chi connectivity index (χ3n) is 4.81. The highest BCUT2D eigenvalue weighted by molar-refractivity contribution is 8.00. The molecular formula is C25H21ClF3N3O2S. The summed E-state index contributed by atoms with van der Waals surface area (Å²) >= 11 is 6.78. The molecule has 0 spiro atoms. The summed E-state index contributed by atoms with van der Waals surface area (Å²) in [5.74, 6) is -0.170. The molecule has 0 fully saturated rings. The summed E-state index contributed by atoms with van der Waals surface area (Å²) in [5, 5.41) is 12.2. The maximum Gasteiger partial charge on any atom is 0.417 e. The largest absolute Gasteiger partial charge is 0.494 e. The average Bonchev–Trinajstić information content (AvgIpc) is 2.83. The summed E-state index contributed by atoms with van der Waals surface area (Å²) in [6.45, 7) is 2.58. The number of thioether (sulfide) groups is 1. The van der Waals surface area contributed by atoms with Gasteiger partial charge in [-0.15, -0.1) is 0 Å². The number of hydrogen-bond acceptors (Lipinski definition) is 5. The zero-order valence-electron chi connectivity index (χ0n) is 18.7. The van der Waals surface area contributed by atoms with E-state index in [0.717, 1.165) is 30.7 Å². The predicted molar refractivity (Wildman–Crippen MR) is 131 cm³/mol. The zero-order chi connectivity index (χ0) is 25.4. The summed E-state index contributed by atoms with van der Waals surface area (Å²) in [7, 11) is 0. The third-order valence-corrected chi connectivity index (χ3v) is 6.11. The monoisotopic (exact) mass is 519 g/mol. The maximum absolute atomic E-state index is 13.8. The summed E-state index contributed by atoms with van der Waals surface area (Å²) in [6.07, 6.45) is -2.91. The number of halogens is 4. The molecule has 0 saturated carbocycles. The minimum Gasteiger partial charge on any atom is -0.494 e. The molecule has 5 nitrogen and oxygen atoms in total. The number of unbranched alkanes of at least 4 members (excludes halogenated alkanes) is 1. The first kappa shape index (κ1) is 26.4. The van der Waals surface area contributed by atoms with Gasteiger partial charge in [0.2, 0.25) is 5.91 Å². The fourth-order valence-corrected chi connectivity index (χ4v) is 4.03. The molecule has 10 heteroatoms. The molecule has 3 rings (SSSR count). The van der Waals surface area contributed by atoms with Crippen LogP contribution < -0.4 is 10.1 Å². The molecule has 1 heterocycles. The number of carbonyl (C=O) groups is 1. The molecule has 182 valence electrons. The standard InChI is InChI=1S/C25H21ClF3N3O2S/c1-2-3-12-34-17-10-8-16(9-11-17)22-13-19(25(27,28)29)18(14-30)24(32-22)35-15-23(33)31-21-7-5-4-6-20(21)26/h4-11,13H,2-3,12,15H2,1H3,(H,31,33). The molecule has 0 bridgehead atoms. The van der Waals surface area contributed by atoms with Crippen LogP contribution in [0.3, 0.4) is 0 Å². The van der Waals surface area contributed by atoms with Gasteiger partial charge in [0.05, 0.1) is 39.9 Å². The van der Waals surface area contributed by atoms with Gasteiger partial charge in [-0.05, 0) is 48.9 Å². The van der Waals surface area contributed by atoms with Crippen LogP contribution in [0.2, 0.25) is 5.02 Å². The summed E-state index contributed by atoms with van der Waals surface area (Å²) in [5.41, 5.74) is -0.909. The fourth-order valence-electron chi connectivity index (χ4n) is 3.04. The number of alkyl halides is 3. The van der Waals surface area contributed by atoms with Gasteiger partial charge in [0.15, 0.2) is 0 Å². The quantitative estimate of drug-likeness (QED) is 0.239. The van der Waals surface area contributed by atoms with Crippen molar-refractivity contribution in [1.29, 1.82) is 5.26 Å². The number of anilines is 1. The van der Waals surface area contributed by atoms with E-state index in [1.807, 2.05) is 6.92 Å². The Kier molecular flexibility index (Phi) is 9.01. The second kappa shape index (κ2) is 12.0. The van der Waals surface area contributed by atoms with Crippen molar-refractivity contribution in [1.82, 2.24) is 4.98 Å². The van der Waals surface area contributed by atoms with Gasteiger partial charge in [-0.25, -0.2) is 4.98 Å². The molecular weight excluding hydrogens is 499 g/mol. The number of nitrogens with zero attached hydrogens (tertiary/aromatic N) is 2. The van der Waals surface area contributed by atoms with Crippen molar-refractivity contribution in [2.45, 2.75) is 31.0 Å². The molecule has 0 unspecified atom stereocenters. The molecule has 0 atom stereocenters. The number of hydrogen-bond donors (Lipinski definition) is 1. The number of rotatable bonds is 9. The fraction of sp³-hybridized carbons (Fsp3) is 0.240. The highest BCUT2D eigenvalue weighted by Gasteiger charge is 2.36. The van der Waals surface area contributed by atoms with Crippen LogP contribution in [-0.2, 0) is 11.0 Å². The number of nitrogens with one attached hydrogen (secondary N) is 1. The van der Waals surface area contributed by atoms with Gasteiger partial charge in [-0.1, -0.05) is 48.8 Å². The van der Waals surface area contributed by atoms with Gasteiger partial charge in [0.25, 0.3) is 0 Å². The molecule has 35 heavy (non-hydrogen) atoms. The molecule has 2 aromatic carbocycles. The lowest BCUT2D eigenvalue weighted by Crippen LogP contribution is -2.15. The minimum absolute atomic E-state index is 0.0328. The first-order chi connectivity index (χ1) is 16.7. The maximum atomic E-state index is 13.8. The lowest BCUT2D eigenvalue weighted by Gasteiger charge is -2.15. The molecule has 3 aromatic rings. The van der Waals surface area contributed by atoms with Crippen LogP contribution in [0, 0.1) is 11.3 Å². The van der Waals surface area contributed by atoms with Gasteiger partial charge >= 0.3 is 6.18 Å². The van der Waals surface area contributed by atoms with Crippen molar-refractivity contribution in [2.75, 3.05) is 17.7 Å². The van der Waals surface area contributed by atoms with Crippen molar-refractivity contribution in [3.63, 3.8) is 0 Å². The van der Waals surface area contributed by atoms with Crippen LogP contribution in [0.15, 0.2) is 59.6 Å². The molecule has 0 saturated heterocycles. The van der Waals surface area contributed by atoms with E-state index in [-0.39, 0.29) is 16.5 Å². The van der Waals surface area contributed by atoms with Gasteiger partial charge in [-0.2, -0.15) is 18.4 Å². The van der Waals surface area contributed by atoms with E-state index in [9.17, 15) is 23.2 Å². The van der Waals surface area contributed by atoms with Gasteiger partial charge in [-0.3, -0.25) is 4.79 Å². The van der Waals surface area contributed by atoms with E-state index < -0.39 is 23.2 Å². The molecule has 1 aromatic heterocycles. The van der Waals surface area contributed by atoms with Crippen LogP contribution >= 0.6 is 23.4 Å². The highest BCUT2D eigenvalue weighted by atomic mass is 35.5. The van der Waals surface area contributed by atoms with E-state index in [4.69, 9.17) is 16.3 Å². The molecule has 1 amide bonds. The van der Waals surface area contributed by atoms with Crippen molar-refractivity contribution >= 4 is 35.0 Å². The van der Waals surface area contributed by atoms with E-state index in [1.165, 1.54) is 0 Å². The van der Waals surface area contributed by atoms with Crippen molar-refractivity contribution in [3.05, 3.63) is 70.7 Å². The van der Waals surface area contributed by atoms with Crippen molar-refractivity contribution in [2.24, 2.45) is 0 Å². The number of aromatic nitrogens is 1. The predicted octanol–water partition coefficient (Wildman–Crippen LogP) is 7.20. The van der Waals surface area contributed by atoms with Crippen LogP contribution in [0.1, 0.15) is 30.9 Å². The van der Waals surface area contributed by atoms with Crippen LogP contribution in [0.25, 0.3) is 11.3 Å². The Morgan fingerprint density at radius 3 is 2.54 bits per heavy atom. The number of carbonyl (C=O) groups excluding carboxylic acids is 1. The molecule has 1 N–H and O–H groups in total. The van der Waals surface area contributed by atoms with E-state index in [0.29, 0.717) is 28.6 Å². The normalized spacial score (nSPS) is 11.1. The molecule has 0 radical (unpaired) electrons. The number of ether oxygens (including phenoxy) is 1. The smallest absolute Gasteiger partial charge is 0.417 e. The first-order valence-electron chi connectivity index (χ1n) is 10.7. The van der Waals surface area contributed by atoms with Gasteiger partial charge in [0.1, 0.15) is 16.8 Å². The number of nitriles is 1. The molecule has 0 aliphatic heterocycles. The Labute approximate surface area is 210 Å². The van der Waals surface area contributed by atoms with Crippen LogP contribution in [0.5, 0.6) is 5.75 Å². The minimum atomic E-state index is -4.78. The summed E-state index contributed by atoms with van der Waals surface area (Å²) in [6, 6.07) is 15.5. The Morgan fingerprint density at radius 1 is 1.20 bits per heavy atom. The Bertz CT molecular complexity index is 1230. The number of benzene rings is 2. The zero-order valence-corrected chi connectivity index (χ0v) is 20.2. The SMILES string of the molecule is CCCCOc1ccc(-c2cc(C(F)(F)F)c(C#N)c(SCC(=O)Nc3ccccc3Cl)n2)cc1. The van der Waals surface area contributed by atoms with Crippen LogP contribution in [0.4, 0.5) is 18.9 Å². The third kappa shape index (κ3) is 7.13. The second-order valence-corrected chi connectivity index (χ2v) is 8.76. The molecule has 0 aliphatic rings. The Morgan fingerprint density at radius 2 is 1.91 bits per heavy atom. The van der Waals surface area contributed by atoms with E-state index in [1.54, 1.807) is 54.6 Å². The average molecular weight is 520 g/mol. The van der Waals surface area contributed by atoms with Crippen molar-refractivity contribution < 1.29 is 22.7 Å². The summed E-state index contributed by atoms with van der Waals surface area (Å²) in [4.78, 5) is 16.7. The second-order valence-electron chi connectivity index (χ2n) is 7.39. The lowest BCUT2D eigenvalue weighted by molar-refractivity contribution is -0.138. The molecule has 0 aliphatic carbocycles. The summed E-state index contributed by atoms with van der Waals surface area (Å²) < 4.78 is 46.9. The van der Waals surface area contributed by atoms with Crippen molar-refractivity contribution in [3.8, 4) is 23.1 Å². The topological polar surface area (TPSA) is 75.0 Å².